The first-order valence-electron chi connectivity index (χ1n) is 6.16. The number of hydrogen-bond donors (Lipinski definition) is 1. The van der Waals surface area contributed by atoms with Gasteiger partial charge in [-0.25, -0.2) is 4.79 Å². The lowest BCUT2D eigenvalue weighted by Gasteiger charge is -2.17. The number of rotatable bonds is 5. The summed E-state index contributed by atoms with van der Waals surface area (Å²) in [6.07, 6.45) is 1.39. The van der Waals surface area contributed by atoms with Crippen molar-refractivity contribution in [1.29, 1.82) is 0 Å². The molecule has 2 rings (SSSR count). The van der Waals surface area contributed by atoms with E-state index in [9.17, 15) is 4.79 Å². The monoisotopic (exact) mass is 334 g/mol. The molecule has 0 aliphatic carbocycles. The summed E-state index contributed by atoms with van der Waals surface area (Å²) >= 11 is 3.53. The second-order valence-electron chi connectivity index (χ2n) is 4.61. The third kappa shape index (κ3) is 3.88. The van der Waals surface area contributed by atoms with Crippen LogP contribution in [0, 0.1) is 0 Å². The average molecular weight is 335 g/mol. The first-order chi connectivity index (χ1) is 9.56. The molecule has 0 aliphatic rings. The zero-order valence-electron chi connectivity index (χ0n) is 11.1. The Hall–Kier alpha value is -1.72. The molecular formula is C15H15BrN2O2. The second-order valence-corrected chi connectivity index (χ2v) is 5.46. The van der Waals surface area contributed by atoms with Gasteiger partial charge in [0.15, 0.2) is 0 Å². The van der Waals surface area contributed by atoms with Crippen LogP contribution < -0.4 is 0 Å². The van der Waals surface area contributed by atoms with E-state index in [-0.39, 0.29) is 5.56 Å². The number of hydrogen-bond acceptors (Lipinski definition) is 3. The largest absolute Gasteiger partial charge is 0.478 e. The van der Waals surface area contributed by atoms with Crippen LogP contribution in [0.5, 0.6) is 0 Å². The maximum atomic E-state index is 10.8. The number of aromatic carboxylic acids is 1. The standard InChI is InChI=1S/C15H15BrN2O2/c1-18(9-12-4-2-3-5-14(12)16)10-13-7-6-11(8-17-13)15(19)20/h2-8H,9-10H2,1H3,(H,19,20). The van der Waals surface area contributed by atoms with Gasteiger partial charge < -0.3 is 5.11 Å². The van der Waals surface area contributed by atoms with Gasteiger partial charge in [-0.1, -0.05) is 34.1 Å². The van der Waals surface area contributed by atoms with Crippen LogP contribution in [0.2, 0.25) is 0 Å². The molecule has 0 aliphatic heterocycles. The summed E-state index contributed by atoms with van der Waals surface area (Å²) in [5, 5.41) is 8.83. The van der Waals surface area contributed by atoms with Crippen molar-refractivity contribution in [3.63, 3.8) is 0 Å². The second kappa shape index (κ2) is 6.63. The van der Waals surface area contributed by atoms with E-state index in [2.05, 4.69) is 31.9 Å². The summed E-state index contributed by atoms with van der Waals surface area (Å²) in [6.45, 7) is 1.46. The van der Waals surface area contributed by atoms with Gasteiger partial charge in [0.05, 0.1) is 11.3 Å². The van der Waals surface area contributed by atoms with E-state index in [0.717, 1.165) is 16.7 Å². The molecule has 1 aromatic heterocycles. The van der Waals surface area contributed by atoms with Crippen molar-refractivity contribution in [2.24, 2.45) is 0 Å². The number of halogens is 1. The summed E-state index contributed by atoms with van der Waals surface area (Å²) in [6, 6.07) is 11.4. The van der Waals surface area contributed by atoms with Crippen LogP contribution in [0.1, 0.15) is 21.6 Å². The summed E-state index contributed by atoms with van der Waals surface area (Å²) in [5.74, 6) is -0.953. The molecule has 0 fully saturated rings. The van der Waals surface area contributed by atoms with E-state index in [0.29, 0.717) is 6.54 Å². The van der Waals surface area contributed by atoms with Crippen LogP contribution in [0.15, 0.2) is 47.1 Å². The molecule has 104 valence electrons. The molecule has 0 radical (unpaired) electrons. The van der Waals surface area contributed by atoms with Gasteiger partial charge in [-0.15, -0.1) is 0 Å². The van der Waals surface area contributed by atoms with Gasteiger partial charge in [-0.3, -0.25) is 9.88 Å². The van der Waals surface area contributed by atoms with Crippen LogP contribution in [-0.4, -0.2) is 28.0 Å². The van der Waals surface area contributed by atoms with Gasteiger partial charge in [0.1, 0.15) is 0 Å². The molecular weight excluding hydrogens is 320 g/mol. The number of aromatic nitrogens is 1. The van der Waals surface area contributed by atoms with Crippen molar-refractivity contribution in [3.05, 3.63) is 63.9 Å². The minimum Gasteiger partial charge on any atom is -0.478 e. The predicted molar refractivity (Wildman–Crippen MR) is 80.5 cm³/mol. The van der Waals surface area contributed by atoms with Crippen LogP contribution >= 0.6 is 15.9 Å². The topological polar surface area (TPSA) is 53.4 Å². The minimum absolute atomic E-state index is 0.210. The number of nitrogens with zero attached hydrogens (tertiary/aromatic N) is 2. The summed E-state index contributed by atoms with van der Waals surface area (Å²) in [7, 11) is 2.01. The summed E-state index contributed by atoms with van der Waals surface area (Å²) < 4.78 is 1.08. The molecule has 4 nitrogen and oxygen atoms in total. The Morgan fingerprint density at radius 1 is 1.25 bits per heavy atom. The third-order valence-corrected chi connectivity index (χ3v) is 3.68. The Labute approximate surface area is 126 Å². The number of benzene rings is 1. The lowest BCUT2D eigenvalue weighted by atomic mass is 10.2. The number of carboxylic acid groups (broad SMARTS) is 1. The molecule has 0 saturated heterocycles. The first-order valence-corrected chi connectivity index (χ1v) is 6.96. The lowest BCUT2D eigenvalue weighted by molar-refractivity contribution is 0.0696. The smallest absolute Gasteiger partial charge is 0.337 e. The number of pyridine rings is 1. The van der Waals surface area contributed by atoms with E-state index in [1.165, 1.54) is 11.8 Å². The van der Waals surface area contributed by atoms with Crippen LogP contribution in [-0.2, 0) is 13.1 Å². The zero-order valence-corrected chi connectivity index (χ0v) is 12.7. The molecule has 0 atom stereocenters. The highest BCUT2D eigenvalue weighted by Crippen LogP contribution is 2.17. The lowest BCUT2D eigenvalue weighted by Crippen LogP contribution is -2.18. The van der Waals surface area contributed by atoms with Crippen molar-refractivity contribution < 1.29 is 9.90 Å². The highest BCUT2D eigenvalue weighted by atomic mass is 79.9. The number of carbonyl (C=O) groups is 1. The first kappa shape index (κ1) is 14.7. The Kier molecular flexibility index (Phi) is 4.87. The molecule has 0 saturated carbocycles. The molecule has 0 bridgehead atoms. The molecule has 2 aromatic rings. The molecule has 1 heterocycles. The van der Waals surface area contributed by atoms with Gasteiger partial charge in [0.2, 0.25) is 0 Å². The fraction of sp³-hybridized carbons (Fsp3) is 0.200. The van der Waals surface area contributed by atoms with Gasteiger partial charge in [-0.05, 0) is 30.8 Å². The summed E-state index contributed by atoms with van der Waals surface area (Å²) in [5.41, 5.74) is 2.27. The van der Waals surface area contributed by atoms with Crippen LogP contribution in [0.3, 0.4) is 0 Å². The van der Waals surface area contributed by atoms with Gasteiger partial charge >= 0.3 is 5.97 Å². The fourth-order valence-corrected chi connectivity index (χ4v) is 2.30. The van der Waals surface area contributed by atoms with Crippen molar-refractivity contribution in [2.45, 2.75) is 13.1 Å². The molecule has 5 heteroatoms. The zero-order chi connectivity index (χ0) is 14.5. The van der Waals surface area contributed by atoms with Gasteiger partial charge in [0.25, 0.3) is 0 Å². The Bertz CT molecular complexity index is 599. The molecule has 0 spiro atoms. The Morgan fingerprint density at radius 2 is 2.00 bits per heavy atom. The van der Waals surface area contributed by atoms with E-state index >= 15 is 0 Å². The van der Waals surface area contributed by atoms with E-state index in [1.807, 2.05) is 25.2 Å². The molecule has 1 aromatic carbocycles. The van der Waals surface area contributed by atoms with Gasteiger partial charge in [0, 0.05) is 23.8 Å². The van der Waals surface area contributed by atoms with Crippen molar-refractivity contribution in [1.82, 2.24) is 9.88 Å². The minimum atomic E-state index is -0.953. The molecule has 0 unspecified atom stereocenters. The highest BCUT2D eigenvalue weighted by molar-refractivity contribution is 9.10. The van der Waals surface area contributed by atoms with E-state index in [1.54, 1.807) is 12.1 Å². The Morgan fingerprint density at radius 3 is 2.60 bits per heavy atom. The maximum Gasteiger partial charge on any atom is 0.337 e. The van der Waals surface area contributed by atoms with Crippen molar-refractivity contribution in [2.75, 3.05) is 7.05 Å². The quantitative estimate of drug-likeness (QED) is 0.912. The van der Waals surface area contributed by atoms with Crippen LogP contribution in [0.25, 0.3) is 0 Å². The molecule has 20 heavy (non-hydrogen) atoms. The Balaban J connectivity index is 1.99. The number of carboxylic acids is 1. The van der Waals surface area contributed by atoms with E-state index < -0.39 is 5.97 Å². The average Bonchev–Trinajstić information content (AvgIpc) is 2.42. The van der Waals surface area contributed by atoms with Gasteiger partial charge in [-0.2, -0.15) is 0 Å². The van der Waals surface area contributed by atoms with Crippen molar-refractivity contribution in [3.8, 4) is 0 Å². The SMILES string of the molecule is CN(Cc1ccc(C(=O)O)cn1)Cc1ccccc1Br. The fourth-order valence-electron chi connectivity index (χ4n) is 1.89. The van der Waals surface area contributed by atoms with Crippen LogP contribution in [0.4, 0.5) is 0 Å². The molecule has 0 amide bonds. The maximum absolute atomic E-state index is 10.8. The van der Waals surface area contributed by atoms with E-state index in [4.69, 9.17) is 5.11 Å². The summed E-state index contributed by atoms with van der Waals surface area (Å²) in [4.78, 5) is 17.1. The highest BCUT2D eigenvalue weighted by Gasteiger charge is 2.07. The molecule has 1 N–H and O–H groups in total. The normalized spacial score (nSPS) is 10.8. The predicted octanol–water partition coefficient (Wildman–Crippen LogP) is 3.17. The third-order valence-electron chi connectivity index (χ3n) is 2.90. The van der Waals surface area contributed by atoms with Crippen molar-refractivity contribution >= 4 is 21.9 Å².